The van der Waals surface area contributed by atoms with Crippen molar-refractivity contribution >= 4 is 29.2 Å². The van der Waals surface area contributed by atoms with Crippen molar-refractivity contribution in [2.45, 2.75) is 5.92 Å². The van der Waals surface area contributed by atoms with Gasteiger partial charge in [-0.2, -0.15) is 10.4 Å². The van der Waals surface area contributed by atoms with Crippen molar-refractivity contribution in [1.82, 2.24) is 10.2 Å². The van der Waals surface area contributed by atoms with E-state index in [1.807, 2.05) is 0 Å². The number of esters is 2. The molecule has 2 aromatic carbocycles. The molecular weight excluding hydrogens is 470 g/mol. The SMILES string of the molecule is COC(=O)C1=C(C(=O)OC)N(c2cc(Cl)ccc2-c2ccn[nH]2)C(N)=C(C#N)C1c1ccccc1. The summed E-state index contributed by atoms with van der Waals surface area (Å²) >= 11 is 6.33. The Labute approximate surface area is 206 Å². The number of nitrogens with two attached hydrogens (primary N) is 1. The smallest absolute Gasteiger partial charge is 0.355 e. The first-order chi connectivity index (χ1) is 16.9. The van der Waals surface area contributed by atoms with Crippen LogP contribution in [0.1, 0.15) is 11.5 Å². The van der Waals surface area contributed by atoms with E-state index < -0.39 is 17.9 Å². The number of rotatable bonds is 5. The Morgan fingerprint density at radius 3 is 2.43 bits per heavy atom. The number of aromatic nitrogens is 2. The quantitative estimate of drug-likeness (QED) is 0.519. The van der Waals surface area contributed by atoms with Gasteiger partial charge in [0, 0.05) is 16.8 Å². The number of nitrogens with one attached hydrogen (secondary N) is 1. The molecule has 0 saturated carbocycles. The van der Waals surface area contributed by atoms with E-state index in [9.17, 15) is 14.9 Å². The number of nitriles is 1. The third kappa shape index (κ3) is 4.11. The minimum absolute atomic E-state index is 0.0554. The van der Waals surface area contributed by atoms with Gasteiger partial charge in [-0.15, -0.1) is 0 Å². The maximum atomic E-state index is 13.2. The van der Waals surface area contributed by atoms with Crippen molar-refractivity contribution < 1.29 is 19.1 Å². The third-order valence-corrected chi connectivity index (χ3v) is 5.84. The second-order valence-corrected chi connectivity index (χ2v) is 7.90. The average Bonchev–Trinajstić information content (AvgIpc) is 3.42. The van der Waals surface area contributed by atoms with Gasteiger partial charge in [-0.25, -0.2) is 9.59 Å². The van der Waals surface area contributed by atoms with Crippen LogP contribution in [-0.4, -0.2) is 36.4 Å². The number of halogens is 1. The molecule has 1 aromatic heterocycles. The molecule has 0 bridgehead atoms. The number of hydrogen-bond acceptors (Lipinski definition) is 8. The van der Waals surface area contributed by atoms with Gasteiger partial charge < -0.3 is 15.2 Å². The predicted molar refractivity (Wildman–Crippen MR) is 129 cm³/mol. The predicted octanol–water partition coefficient (Wildman–Crippen LogP) is 3.63. The highest BCUT2D eigenvalue weighted by Gasteiger charge is 2.43. The van der Waals surface area contributed by atoms with Crippen LogP contribution in [0.15, 0.2) is 83.5 Å². The zero-order valence-corrected chi connectivity index (χ0v) is 19.5. The normalized spacial score (nSPS) is 15.6. The first kappa shape index (κ1) is 23.6. The van der Waals surface area contributed by atoms with Gasteiger partial charge in [0.2, 0.25) is 0 Å². The molecule has 0 saturated heterocycles. The standard InChI is InChI=1S/C25H20ClN5O4/c1-34-24(32)21-20(14-6-4-3-5-7-14)17(13-27)23(28)31(22(21)25(33)35-2)19-12-15(26)8-9-16(19)18-10-11-29-30-18/h3-12,20H,28H2,1-2H3,(H,29,30). The number of hydrogen-bond donors (Lipinski definition) is 2. The van der Waals surface area contributed by atoms with Gasteiger partial charge in [0.05, 0.1) is 48.7 Å². The fourth-order valence-corrected chi connectivity index (χ4v) is 4.25. The first-order valence-electron chi connectivity index (χ1n) is 10.4. The van der Waals surface area contributed by atoms with Gasteiger partial charge in [-0.05, 0) is 29.8 Å². The summed E-state index contributed by atoms with van der Waals surface area (Å²) in [4.78, 5) is 27.7. The topological polar surface area (TPSA) is 134 Å². The van der Waals surface area contributed by atoms with Crippen molar-refractivity contribution in [1.29, 1.82) is 5.26 Å². The zero-order chi connectivity index (χ0) is 25.1. The van der Waals surface area contributed by atoms with Gasteiger partial charge in [0.15, 0.2) is 0 Å². The molecule has 0 amide bonds. The van der Waals surface area contributed by atoms with E-state index in [0.29, 0.717) is 27.5 Å². The Bertz CT molecular complexity index is 1390. The molecule has 2 heterocycles. The van der Waals surface area contributed by atoms with Crippen molar-refractivity contribution in [3.05, 3.63) is 94.0 Å². The summed E-state index contributed by atoms with van der Waals surface area (Å²) in [5.41, 5.74) is 8.42. The summed E-state index contributed by atoms with van der Waals surface area (Å²) in [6, 6.07) is 17.6. The molecule has 0 spiro atoms. The van der Waals surface area contributed by atoms with Crippen LogP contribution in [0.2, 0.25) is 5.02 Å². The van der Waals surface area contributed by atoms with Gasteiger partial charge in [0.1, 0.15) is 11.5 Å². The monoisotopic (exact) mass is 489 g/mol. The number of methoxy groups -OCH3 is 2. The number of carbonyl (C=O) groups excluding carboxylic acids is 2. The number of anilines is 1. The van der Waals surface area contributed by atoms with Crippen LogP contribution in [0.3, 0.4) is 0 Å². The Morgan fingerprint density at radius 1 is 1.11 bits per heavy atom. The number of allylic oxidation sites excluding steroid dienone is 1. The second-order valence-electron chi connectivity index (χ2n) is 7.47. The number of aromatic amines is 1. The van der Waals surface area contributed by atoms with Crippen molar-refractivity contribution in [3.8, 4) is 17.3 Å². The van der Waals surface area contributed by atoms with E-state index in [1.54, 1.807) is 60.8 Å². The highest BCUT2D eigenvalue weighted by atomic mass is 35.5. The van der Waals surface area contributed by atoms with Crippen LogP contribution in [-0.2, 0) is 19.1 Å². The van der Waals surface area contributed by atoms with Crippen LogP contribution in [0.5, 0.6) is 0 Å². The molecule has 1 atom stereocenters. The molecule has 4 rings (SSSR count). The summed E-state index contributed by atoms with van der Waals surface area (Å²) in [5.74, 6) is -2.68. The third-order valence-electron chi connectivity index (χ3n) is 5.60. The van der Waals surface area contributed by atoms with Crippen molar-refractivity contribution in [2.75, 3.05) is 19.1 Å². The number of ether oxygens (including phenoxy) is 2. The maximum Gasteiger partial charge on any atom is 0.355 e. The summed E-state index contributed by atoms with van der Waals surface area (Å²) in [5, 5.41) is 17.4. The fraction of sp³-hybridized carbons (Fsp3) is 0.120. The lowest BCUT2D eigenvalue weighted by Gasteiger charge is -2.36. The van der Waals surface area contributed by atoms with E-state index in [0.717, 1.165) is 0 Å². The molecule has 1 unspecified atom stereocenters. The maximum absolute atomic E-state index is 13.2. The van der Waals surface area contributed by atoms with E-state index in [2.05, 4.69) is 16.3 Å². The van der Waals surface area contributed by atoms with Crippen LogP contribution < -0.4 is 10.6 Å². The molecule has 9 nitrogen and oxygen atoms in total. The highest BCUT2D eigenvalue weighted by molar-refractivity contribution is 6.31. The molecule has 10 heteroatoms. The van der Waals surface area contributed by atoms with Crippen LogP contribution in [0.25, 0.3) is 11.3 Å². The van der Waals surface area contributed by atoms with Crippen molar-refractivity contribution in [2.24, 2.45) is 5.73 Å². The van der Waals surface area contributed by atoms with Gasteiger partial charge in [-0.1, -0.05) is 41.9 Å². The second kappa shape index (κ2) is 9.75. The van der Waals surface area contributed by atoms with Gasteiger partial charge in [0.25, 0.3) is 0 Å². The molecule has 3 N–H and O–H groups in total. The Kier molecular flexibility index (Phi) is 6.57. The van der Waals surface area contributed by atoms with E-state index >= 15 is 0 Å². The minimum Gasteiger partial charge on any atom is -0.466 e. The summed E-state index contributed by atoms with van der Waals surface area (Å²) in [6.07, 6.45) is 1.56. The van der Waals surface area contributed by atoms with Gasteiger partial charge >= 0.3 is 11.9 Å². The molecule has 1 aliphatic heterocycles. The highest BCUT2D eigenvalue weighted by Crippen LogP contribution is 2.45. The van der Waals surface area contributed by atoms with Gasteiger partial charge in [-0.3, -0.25) is 10.00 Å². The minimum atomic E-state index is -0.964. The van der Waals surface area contributed by atoms with Crippen LogP contribution >= 0.6 is 11.6 Å². The van der Waals surface area contributed by atoms with E-state index in [-0.39, 0.29) is 22.7 Å². The molecule has 1 aliphatic rings. The number of nitrogens with zero attached hydrogens (tertiary/aromatic N) is 3. The molecule has 0 fully saturated rings. The van der Waals surface area contributed by atoms with E-state index in [1.165, 1.54) is 19.1 Å². The number of H-pyrrole nitrogens is 1. The largest absolute Gasteiger partial charge is 0.466 e. The Balaban J connectivity index is 2.11. The van der Waals surface area contributed by atoms with Crippen LogP contribution in [0.4, 0.5) is 5.69 Å². The molecule has 3 aromatic rings. The summed E-state index contributed by atoms with van der Waals surface area (Å²) in [6.45, 7) is 0. The van der Waals surface area contributed by atoms with E-state index in [4.69, 9.17) is 26.8 Å². The summed E-state index contributed by atoms with van der Waals surface area (Å²) < 4.78 is 10.1. The lowest BCUT2D eigenvalue weighted by Crippen LogP contribution is -2.41. The number of benzene rings is 2. The number of carbonyl (C=O) groups is 2. The molecular formula is C25H20ClN5O4. The Morgan fingerprint density at radius 2 is 1.83 bits per heavy atom. The fourth-order valence-electron chi connectivity index (χ4n) is 4.09. The molecule has 35 heavy (non-hydrogen) atoms. The van der Waals surface area contributed by atoms with Crippen LogP contribution in [0, 0.1) is 11.3 Å². The lowest BCUT2D eigenvalue weighted by atomic mass is 9.80. The Hall–Kier alpha value is -4.55. The van der Waals surface area contributed by atoms with Crippen molar-refractivity contribution in [3.63, 3.8) is 0 Å². The lowest BCUT2D eigenvalue weighted by molar-refractivity contribution is -0.139. The summed E-state index contributed by atoms with van der Waals surface area (Å²) in [7, 11) is 2.38. The zero-order valence-electron chi connectivity index (χ0n) is 18.8. The molecule has 0 radical (unpaired) electrons. The molecule has 0 aliphatic carbocycles. The average molecular weight is 490 g/mol. The first-order valence-corrected chi connectivity index (χ1v) is 10.8. The molecule has 176 valence electrons.